The molecule has 0 bridgehead atoms. The van der Waals surface area contributed by atoms with Crippen LogP contribution in [0.2, 0.25) is 5.02 Å². The number of hydrogen-bond donors (Lipinski definition) is 2. The number of pyridine rings is 1. The van der Waals surface area contributed by atoms with Gasteiger partial charge in [0, 0.05) is 12.3 Å². The zero-order chi connectivity index (χ0) is 15.0. The molecule has 3 rings (SSSR count). The first-order chi connectivity index (χ1) is 9.97. The Morgan fingerprint density at radius 3 is 2.76 bits per heavy atom. The summed E-state index contributed by atoms with van der Waals surface area (Å²) in [4.78, 5) is 17.4. The molecule has 108 valence electrons. The fourth-order valence-corrected chi connectivity index (χ4v) is 3.76. The first-order valence-corrected chi connectivity index (χ1v) is 8.45. The van der Waals surface area contributed by atoms with Gasteiger partial charge in [-0.25, -0.2) is 13.4 Å². The van der Waals surface area contributed by atoms with Gasteiger partial charge in [0.25, 0.3) is 10.0 Å². The smallest absolute Gasteiger partial charge is 0.263 e. The van der Waals surface area contributed by atoms with Crippen molar-refractivity contribution in [1.29, 1.82) is 0 Å². The molecule has 9 heteroatoms. The molecule has 0 amide bonds. The Balaban J connectivity index is 2.09. The maximum absolute atomic E-state index is 12.3. The molecule has 0 aliphatic rings. The molecule has 0 aliphatic heterocycles. The van der Waals surface area contributed by atoms with Gasteiger partial charge < -0.3 is 4.98 Å². The van der Waals surface area contributed by atoms with E-state index in [1.807, 2.05) is 0 Å². The SMILES string of the molecule is O=c1ccc(S(=O)(=O)Nc2c(Cl)ccc3scnc23)c[nH]1. The molecule has 0 unspecified atom stereocenters. The van der Waals surface area contributed by atoms with Gasteiger partial charge in [-0.15, -0.1) is 11.3 Å². The zero-order valence-electron chi connectivity index (χ0n) is 10.3. The van der Waals surface area contributed by atoms with Crippen LogP contribution in [0.15, 0.2) is 45.7 Å². The van der Waals surface area contributed by atoms with Gasteiger partial charge >= 0.3 is 0 Å². The summed E-state index contributed by atoms with van der Waals surface area (Å²) in [6.07, 6.45) is 1.12. The fourth-order valence-electron chi connectivity index (χ4n) is 1.76. The number of anilines is 1. The van der Waals surface area contributed by atoms with E-state index in [0.29, 0.717) is 5.52 Å². The largest absolute Gasteiger partial charge is 0.328 e. The summed E-state index contributed by atoms with van der Waals surface area (Å²) < 4.78 is 27.9. The minimum Gasteiger partial charge on any atom is -0.328 e. The summed E-state index contributed by atoms with van der Waals surface area (Å²) in [5, 5.41) is 0.251. The maximum atomic E-state index is 12.3. The van der Waals surface area contributed by atoms with Crippen molar-refractivity contribution in [2.24, 2.45) is 0 Å². The van der Waals surface area contributed by atoms with Crippen LogP contribution in [0.1, 0.15) is 0 Å². The molecule has 0 spiro atoms. The molecule has 0 atom stereocenters. The normalized spacial score (nSPS) is 11.7. The number of rotatable bonds is 3. The number of H-pyrrole nitrogens is 1. The first kappa shape index (κ1) is 14.1. The van der Waals surface area contributed by atoms with Crippen LogP contribution in [0.25, 0.3) is 10.2 Å². The van der Waals surface area contributed by atoms with E-state index in [1.54, 1.807) is 17.6 Å². The molecule has 0 aliphatic carbocycles. The molecule has 6 nitrogen and oxygen atoms in total. The molecular weight excluding hydrogens is 334 g/mol. The number of aromatic amines is 1. The second-order valence-electron chi connectivity index (χ2n) is 4.12. The number of nitrogens with zero attached hydrogens (tertiary/aromatic N) is 1. The van der Waals surface area contributed by atoms with E-state index in [9.17, 15) is 13.2 Å². The molecule has 0 fully saturated rings. The minimum atomic E-state index is -3.86. The number of fused-ring (bicyclic) bond motifs is 1. The molecule has 0 radical (unpaired) electrons. The van der Waals surface area contributed by atoms with Gasteiger partial charge in [-0.05, 0) is 18.2 Å². The van der Waals surface area contributed by atoms with Gasteiger partial charge in [0.15, 0.2) is 0 Å². The van der Waals surface area contributed by atoms with E-state index in [1.165, 1.54) is 17.4 Å². The van der Waals surface area contributed by atoms with Gasteiger partial charge in [-0.3, -0.25) is 9.52 Å². The van der Waals surface area contributed by atoms with Crippen molar-refractivity contribution in [3.63, 3.8) is 0 Å². The van der Waals surface area contributed by atoms with E-state index in [0.717, 1.165) is 17.0 Å². The third-order valence-electron chi connectivity index (χ3n) is 2.75. The number of hydrogen-bond acceptors (Lipinski definition) is 5. The Morgan fingerprint density at radius 2 is 2.05 bits per heavy atom. The highest BCUT2D eigenvalue weighted by Crippen LogP contribution is 2.33. The summed E-state index contributed by atoms with van der Waals surface area (Å²) in [5.41, 5.74) is 1.94. The monoisotopic (exact) mass is 341 g/mol. The molecule has 2 aromatic heterocycles. The lowest BCUT2D eigenvalue weighted by Gasteiger charge is -2.10. The Morgan fingerprint density at radius 1 is 1.24 bits per heavy atom. The Kier molecular flexibility index (Phi) is 3.44. The zero-order valence-corrected chi connectivity index (χ0v) is 12.7. The average molecular weight is 342 g/mol. The lowest BCUT2D eigenvalue weighted by molar-refractivity contribution is 0.601. The molecule has 2 N–H and O–H groups in total. The quantitative estimate of drug-likeness (QED) is 0.765. The molecular formula is C12H8ClN3O3S2. The van der Waals surface area contributed by atoms with E-state index < -0.39 is 10.0 Å². The van der Waals surface area contributed by atoms with Crippen molar-refractivity contribution in [2.45, 2.75) is 4.90 Å². The van der Waals surface area contributed by atoms with Crippen molar-refractivity contribution >= 4 is 48.9 Å². The topological polar surface area (TPSA) is 91.9 Å². The summed E-state index contributed by atoms with van der Waals surface area (Å²) in [6, 6.07) is 5.73. The number of benzene rings is 1. The predicted molar refractivity (Wildman–Crippen MR) is 82.5 cm³/mol. The number of halogens is 1. The molecule has 0 saturated heterocycles. The van der Waals surface area contributed by atoms with Gasteiger partial charge in [-0.1, -0.05) is 11.6 Å². The Bertz CT molecular complexity index is 958. The van der Waals surface area contributed by atoms with E-state index in [2.05, 4.69) is 14.7 Å². The van der Waals surface area contributed by atoms with Gasteiger partial charge in [0.05, 0.1) is 20.9 Å². The van der Waals surface area contributed by atoms with Crippen LogP contribution in [-0.2, 0) is 10.0 Å². The highest BCUT2D eigenvalue weighted by atomic mass is 35.5. The van der Waals surface area contributed by atoms with Crippen LogP contribution in [0.4, 0.5) is 5.69 Å². The average Bonchev–Trinajstić information content (AvgIpc) is 2.91. The maximum Gasteiger partial charge on any atom is 0.263 e. The van der Waals surface area contributed by atoms with Crippen LogP contribution in [-0.4, -0.2) is 18.4 Å². The molecule has 3 aromatic rings. The summed E-state index contributed by atoms with van der Waals surface area (Å²) >= 11 is 7.44. The molecule has 1 aromatic carbocycles. The highest BCUT2D eigenvalue weighted by molar-refractivity contribution is 7.92. The van der Waals surface area contributed by atoms with Gasteiger partial charge in [0.1, 0.15) is 10.4 Å². The molecule has 21 heavy (non-hydrogen) atoms. The summed E-state index contributed by atoms with van der Waals surface area (Å²) in [5.74, 6) is 0. The summed E-state index contributed by atoms with van der Waals surface area (Å²) in [6.45, 7) is 0. The summed E-state index contributed by atoms with van der Waals surface area (Å²) in [7, 11) is -3.86. The number of aromatic nitrogens is 2. The van der Waals surface area contributed by atoms with Gasteiger partial charge in [-0.2, -0.15) is 0 Å². The lowest BCUT2D eigenvalue weighted by Crippen LogP contribution is -2.15. The van der Waals surface area contributed by atoms with Crippen molar-refractivity contribution in [1.82, 2.24) is 9.97 Å². The Labute approximate surface area is 128 Å². The van der Waals surface area contributed by atoms with E-state index in [-0.39, 0.29) is 21.2 Å². The predicted octanol–water partition coefficient (Wildman–Crippen LogP) is 2.44. The van der Waals surface area contributed by atoms with Crippen LogP contribution >= 0.6 is 22.9 Å². The highest BCUT2D eigenvalue weighted by Gasteiger charge is 2.18. The standard InChI is InChI=1S/C12H8ClN3O3S2/c13-8-2-3-9-12(15-6-20-9)11(8)16-21(18,19)7-1-4-10(17)14-5-7/h1-6,16H,(H,14,17). The van der Waals surface area contributed by atoms with Crippen LogP contribution in [0.3, 0.4) is 0 Å². The van der Waals surface area contributed by atoms with Crippen molar-refractivity contribution in [2.75, 3.05) is 4.72 Å². The third kappa shape index (κ3) is 2.65. The van der Waals surface area contributed by atoms with E-state index >= 15 is 0 Å². The minimum absolute atomic E-state index is 0.0644. The molecule has 0 saturated carbocycles. The van der Waals surface area contributed by atoms with Crippen molar-refractivity contribution in [3.05, 3.63) is 51.3 Å². The number of nitrogens with one attached hydrogen (secondary N) is 2. The second-order valence-corrected chi connectivity index (χ2v) is 7.09. The third-order valence-corrected chi connectivity index (χ3v) is 5.21. The van der Waals surface area contributed by atoms with Crippen molar-refractivity contribution < 1.29 is 8.42 Å². The fraction of sp³-hybridized carbons (Fsp3) is 0. The first-order valence-electron chi connectivity index (χ1n) is 5.71. The van der Waals surface area contributed by atoms with Crippen LogP contribution in [0.5, 0.6) is 0 Å². The second kappa shape index (κ2) is 5.14. The number of sulfonamides is 1. The van der Waals surface area contributed by atoms with Gasteiger partial charge in [0.2, 0.25) is 5.56 Å². The van der Waals surface area contributed by atoms with Crippen LogP contribution in [0, 0.1) is 0 Å². The van der Waals surface area contributed by atoms with E-state index in [4.69, 9.17) is 11.6 Å². The number of thiazole rings is 1. The van der Waals surface area contributed by atoms with Crippen molar-refractivity contribution in [3.8, 4) is 0 Å². The Hall–Kier alpha value is -1.90. The molecule has 2 heterocycles. The van der Waals surface area contributed by atoms with Crippen LogP contribution < -0.4 is 10.3 Å². The lowest BCUT2D eigenvalue weighted by atomic mass is 10.3.